The Morgan fingerprint density at radius 3 is 3.10 bits per heavy atom. The van der Waals surface area contributed by atoms with Gasteiger partial charge in [-0.1, -0.05) is 0 Å². The van der Waals surface area contributed by atoms with Crippen molar-refractivity contribution in [2.45, 2.75) is 13.0 Å². The Labute approximate surface area is 120 Å². The lowest BCUT2D eigenvalue weighted by Crippen LogP contribution is -2.15. The minimum absolute atomic E-state index is 0.190. The molecule has 0 aliphatic rings. The van der Waals surface area contributed by atoms with E-state index in [2.05, 4.69) is 20.3 Å². The molecule has 3 rings (SSSR count). The zero-order valence-corrected chi connectivity index (χ0v) is 11.4. The Balaban J connectivity index is 1.67. The molecule has 2 heterocycles. The molecule has 0 bridgehead atoms. The van der Waals surface area contributed by atoms with E-state index in [1.807, 2.05) is 10.8 Å². The van der Waals surface area contributed by atoms with Gasteiger partial charge in [0.05, 0.1) is 17.2 Å². The van der Waals surface area contributed by atoms with Gasteiger partial charge in [-0.3, -0.25) is 9.78 Å². The Morgan fingerprint density at radius 2 is 2.29 bits per heavy atom. The van der Waals surface area contributed by atoms with E-state index in [4.69, 9.17) is 5.73 Å². The van der Waals surface area contributed by atoms with Gasteiger partial charge in [0.1, 0.15) is 0 Å². The van der Waals surface area contributed by atoms with Crippen molar-refractivity contribution < 1.29 is 0 Å². The fourth-order valence-corrected chi connectivity index (χ4v) is 2.13. The fraction of sp³-hybridized carbons (Fsp3) is 0.214. The zero-order chi connectivity index (χ0) is 14.7. The molecule has 108 valence electrons. The molecule has 1 aromatic carbocycles. The summed E-state index contributed by atoms with van der Waals surface area (Å²) in [5, 5.41) is 3.62. The number of aromatic nitrogens is 4. The minimum atomic E-state index is -0.190. The molecular weight excluding hydrogens is 268 g/mol. The van der Waals surface area contributed by atoms with E-state index in [0.717, 1.165) is 13.0 Å². The van der Waals surface area contributed by atoms with E-state index in [-0.39, 0.29) is 5.56 Å². The predicted octanol–water partition coefficient (Wildman–Crippen LogP) is 1.20. The molecule has 0 radical (unpaired) electrons. The number of imidazole rings is 1. The van der Waals surface area contributed by atoms with Crippen LogP contribution >= 0.6 is 0 Å². The standard InChI is InChI=1S/C14H16N6O/c15-10-2-3-12-11(8-10)13(21)19-14(18-12)17-4-1-6-20-7-5-16-9-20/h2-3,5,7-9H,1,4,6,15H2,(H2,17,18,19,21). The van der Waals surface area contributed by atoms with Gasteiger partial charge in [0.15, 0.2) is 0 Å². The lowest BCUT2D eigenvalue weighted by molar-refractivity contribution is 0.659. The zero-order valence-electron chi connectivity index (χ0n) is 11.4. The van der Waals surface area contributed by atoms with Crippen molar-refractivity contribution in [3.63, 3.8) is 0 Å². The van der Waals surface area contributed by atoms with Crippen LogP contribution < -0.4 is 16.6 Å². The van der Waals surface area contributed by atoms with Gasteiger partial charge in [-0.15, -0.1) is 0 Å². The normalized spacial score (nSPS) is 10.9. The molecule has 3 aromatic rings. The number of nitrogens with two attached hydrogens (primary N) is 1. The molecule has 0 unspecified atom stereocenters. The number of H-pyrrole nitrogens is 1. The summed E-state index contributed by atoms with van der Waals surface area (Å²) in [4.78, 5) is 23.0. The van der Waals surface area contributed by atoms with Crippen LogP contribution in [0.4, 0.5) is 11.6 Å². The molecule has 4 N–H and O–H groups in total. The SMILES string of the molecule is Nc1ccc2nc(NCCCn3ccnc3)[nH]c(=O)c2c1. The van der Waals surface area contributed by atoms with Crippen molar-refractivity contribution in [2.24, 2.45) is 0 Å². The number of rotatable bonds is 5. The maximum absolute atomic E-state index is 12.0. The van der Waals surface area contributed by atoms with E-state index >= 15 is 0 Å². The predicted molar refractivity (Wildman–Crippen MR) is 82.1 cm³/mol. The summed E-state index contributed by atoms with van der Waals surface area (Å²) in [6.07, 6.45) is 6.35. The molecule has 0 spiro atoms. The third kappa shape index (κ3) is 3.02. The van der Waals surface area contributed by atoms with Gasteiger partial charge >= 0.3 is 0 Å². The van der Waals surface area contributed by atoms with Crippen molar-refractivity contribution in [2.75, 3.05) is 17.6 Å². The van der Waals surface area contributed by atoms with Crippen LogP contribution in [-0.2, 0) is 6.54 Å². The van der Waals surface area contributed by atoms with Gasteiger partial charge in [-0.2, -0.15) is 0 Å². The monoisotopic (exact) mass is 284 g/mol. The Kier molecular flexibility index (Phi) is 3.55. The number of nitrogens with one attached hydrogen (secondary N) is 2. The van der Waals surface area contributed by atoms with Crippen LogP contribution in [0.1, 0.15) is 6.42 Å². The van der Waals surface area contributed by atoms with Crippen LogP contribution in [0.2, 0.25) is 0 Å². The first-order valence-corrected chi connectivity index (χ1v) is 6.71. The second-order valence-corrected chi connectivity index (χ2v) is 4.77. The summed E-state index contributed by atoms with van der Waals surface area (Å²) in [6, 6.07) is 5.11. The number of hydrogen-bond donors (Lipinski definition) is 3. The fourth-order valence-electron chi connectivity index (χ4n) is 2.13. The smallest absolute Gasteiger partial charge is 0.260 e. The maximum Gasteiger partial charge on any atom is 0.260 e. The minimum Gasteiger partial charge on any atom is -0.399 e. The van der Waals surface area contributed by atoms with Gasteiger partial charge in [0.25, 0.3) is 5.56 Å². The van der Waals surface area contributed by atoms with Crippen LogP contribution in [0.15, 0.2) is 41.7 Å². The van der Waals surface area contributed by atoms with E-state index in [1.54, 1.807) is 30.7 Å². The quantitative estimate of drug-likeness (QED) is 0.483. The number of aryl methyl sites for hydroxylation is 1. The number of nitrogens with zero attached hydrogens (tertiary/aromatic N) is 3. The highest BCUT2D eigenvalue weighted by Crippen LogP contribution is 2.12. The average molecular weight is 284 g/mol. The Morgan fingerprint density at radius 1 is 1.38 bits per heavy atom. The summed E-state index contributed by atoms with van der Waals surface area (Å²) < 4.78 is 2.00. The van der Waals surface area contributed by atoms with E-state index < -0.39 is 0 Å². The van der Waals surface area contributed by atoms with Crippen molar-refractivity contribution in [1.82, 2.24) is 19.5 Å². The summed E-state index contributed by atoms with van der Waals surface area (Å²) in [6.45, 7) is 1.57. The second-order valence-electron chi connectivity index (χ2n) is 4.77. The molecule has 0 amide bonds. The summed E-state index contributed by atoms with van der Waals surface area (Å²) >= 11 is 0. The van der Waals surface area contributed by atoms with Crippen LogP contribution in [-0.4, -0.2) is 26.1 Å². The number of anilines is 2. The molecule has 0 saturated carbocycles. The number of aromatic amines is 1. The maximum atomic E-state index is 12.0. The van der Waals surface area contributed by atoms with Crippen molar-refractivity contribution in [1.29, 1.82) is 0 Å². The van der Waals surface area contributed by atoms with E-state index in [0.29, 0.717) is 29.1 Å². The molecule has 0 aliphatic carbocycles. The highest BCUT2D eigenvalue weighted by atomic mass is 16.1. The number of benzene rings is 1. The molecule has 2 aromatic heterocycles. The van der Waals surface area contributed by atoms with Crippen LogP contribution in [0.25, 0.3) is 10.9 Å². The van der Waals surface area contributed by atoms with E-state index in [1.165, 1.54) is 0 Å². The Hall–Kier alpha value is -2.83. The first-order chi connectivity index (χ1) is 10.2. The van der Waals surface area contributed by atoms with Gasteiger partial charge < -0.3 is 15.6 Å². The largest absolute Gasteiger partial charge is 0.399 e. The van der Waals surface area contributed by atoms with Gasteiger partial charge in [0, 0.05) is 31.2 Å². The van der Waals surface area contributed by atoms with Crippen LogP contribution in [0, 0.1) is 0 Å². The molecular formula is C14H16N6O. The van der Waals surface area contributed by atoms with Crippen molar-refractivity contribution >= 4 is 22.5 Å². The van der Waals surface area contributed by atoms with Gasteiger partial charge in [-0.25, -0.2) is 9.97 Å². The molecule has 7 heteroatoms. The molecule has 0 aliphatic heterocycles. The molecule has 21 heavy (non-hydrogen) atoms. The van der Waals surface area contributed by atoms with Crippen LogP contribution in [0.3, 0.4) is 0 Å². The number of fused-ring (bicyclic) bond motifs is 1. The van der Waals surface area contributed by atoms with Crippen LogP contribution in [0.5, 0.6) is 0 Å². The first-order valence-electron chi connectivity index (χ1n) is 6.71. The molecule has 0 saturated heterocycles. The number of hydrogen-bond acceptors (Lipinski definition) is 5. The summed E-state index contributed by atoms with van der Waals surface area (Å²) in [5.74, 6) is 0.475. The average Bonchev–Trinajstić information content (AvgIpc) is 2.98. The van der Waals surface area contributed by atoms with Gasteiger partial charge in [-0.05, 0) is 24.6 Å². The second kappa shape index (κ2) is 5.66. The lowest BCUT2D eigenvalue weighted by Gasteiger charge is -2.07. The molecule has 0 atom stereocenters. The Bertz CT molecular complexity index is 793. The highest BCUT2D eigenvalue weighted by Gasteiger charge is 2.03. The number of nitrogen functional groups attached to an aromatic ring is 1. The third-order valence-corrected chi connectivity index (χ3v) is 3.17. The van der Waals surface area contributed by atoms with E-state index in [9.17, 15) is 4.79 Å². The first kappa shape index (κ1) is 13.2. The van der Waals surface area contributed by atoms with Crippen molar-refractivity contribution in [3.05, 3.63) is 47.3 Å². The summed E-state index contributed by atoms with van der Waals surface area (Å²) in [7, 11) is 0. The highest BCUT2D eigenvalue weighted by molar-refractivity contribution is 5.81. The van der Waals surface area contributed by atoms with Crippen molar-refractivity contribution in [3.8, 4) is 0 Å². The van der Waals surface area contributed by atoms with Gasteiger partial charge in [0.2, 0.25) is 5.95 Å². The molecule has 7 nitrogen and oxygen atoms in total. The topological polar surface area (TPSA) is 102 Å². The summed E-state index contributed by atoms with van der Waals surface area (Å²) in [5.41, 5.74) is 6.66. The lowest BCUT2D eigenvalue weighted by atomic mass is 10.2. The third-order valence-electron chi connectivity index (χ3n) is 3.17. The molecule has 0 fully saturated rings.